The van der Waals surface area contributed by atoms with E-state index in [4.69, 9.17) is 4.98 Å². The Morgan fingerprint density at radius 1 is 1.20 bits per heavy atom. The molecule has 0 bridgehead atoms. The van der Waals surface area contributed by atoms with E-state index in [1.807, 2.05) is 35.4 Å². The highest BCUT2D eigenvalue weighted by Gasteiger charge is 2.23. The minimum atomic E-state index is -0.0189. The summed E-state index contributed by atoms with van der Waals surface area (Å²) < 4.78 is 1.20. The van der Waals surface area contributed by atoms with Gasteiger partial charge in [0.25, 0.3) is 0 Å². The van der Waals surface area contributed by atoms with Crippen LogP contribution >= 0.6 is 22.7 Å². The van der Waals surface area contributed by atoms with Gasteiger partial charge in [0.1, 0.15) is 0 Å². The molecule has 1 aromatic carbocycles. The zero-order valence-corrected chi connectivity index (χ0v) is 15.6. The van der Waals surface area contributed by atoms with Crippen LogP contribution in [-0.4, -0.2) is 47.1 Å². The maximum Gasteiger partial charge on any atom is 0.317 e. The molecule has 0 saturated carbocycles. The van der Waals surface area contributed by atoms with E-state index in [0.29, 0.717) is 19.6 Å². The minimum Gasteiger partial charge on any atom is -0.345 e. The monoisotopic (exact) mass is 373 g/mol. The Kier molecular flexibility index (Phi) is 4.54. The SMILES string of the molecule is Cc1nc(CNC(=O)N2CCN(c3nc4ccccc4s3)CC2)cs1. The summed E-state index contributed by atoms with van der Waals surface area (Å²) in [6.45, 7) is 5.49. The van der Waals surface area contributed by atoms with Crippen LogP contribution in [0.2, 0.25) is 0 Å². The zero-order valence-electron chi connectivity index (χ0n) is 13.9. The van der Waals surface area contributed by atoms with E-state index in [9.17, 15) is 4.79 Å². The number of anilines is 1. The molecular weight excluding hydrogens is 354 g/mol. The molecule has 0 atom stereocenters. The Balaban J connectivity index is 1.32. The zero-order chi connectivity index (χ0) is 17.2. The number of nitrogens with one attached hydrogen (secondary N) is 1. The standard InChI is InChI=1S/C17H19N5OS2/c1-12-19-13(11-24-12)10-18-16(23)21-6-8-22(9-7-21)17-20-14-4-2-3-5-15(14)25-17/h2-5,11H,6-10H2,1H3,(H,18,23). The molecule has 8 heteroatoms. The summed E-state index contributed by atoms with van der Waals surface area (Å²) in [4.78, 5) is 25.5. The van der Waals surface area contributed by atoms with Crippen LogP contribution in [0.1, 0.15) is 10.7 Å². The van der Waals surface area contributed by atoms with Crippen molar-refractivity contribution < 1.29 is 4.79 Å². The van der Waals surface area contributed by atoms with E-state index in [0.717, 1.165) is 34.4 Å². The van der Waals surface area contributed by atoms with E-state index < -0.39 is 0 Å². The van der Waals surface area contributed by atoms with Gasteiger partial charge in [-0.1, -0.05) is 23.5 Å². The predicted molar refractivity (Wildman–Crippen MR) is 102 cm³/mol. The molecule has 1 aliphatic heterocycles. The molecule has 1 fully saturated rings. The quantitative estimate of drug-likeness (QED) is 0.766. The molecular formula is C17H19N5OS2. The molecule has 3 aromatic rings. The number of carbonyl (C=O) groups excluding carboxylic acids is 1. The second-order valence-corrected chi connectivity index (χ2v) is 8.03. The van der Waals surface area contributed by atoms with Crippen LogP contribution in [0.4, 0.5) is 9.93 Å². The largest absolute Gasteiger partial charge is 0.345 e. The molecule has 25 heavy (non-hydrogen) atoms. The number of nitrogens with zero attached hydrogens (tertiary/aromatic N) is 4. The number of piperazine rings is 1. The van der Waals surface area contributed by atoms with E-state index >= 15 is 0 Å². The molecule has 0 radical (unpaired) electrons. The molecule has 2 aromatic heterocycles. The normalized spacial score (nSPS) is 14.9. The van der Waals surface area contributed by atoms with Gasteiger partial charge in [0.2, 0.25) is 0 Å². The van der Waals surface area contributed by atoms with Gasteiger partial charge in [-0.25, -0.2) is 14.8 Å². The number of para-hydroxylation sites is 1. The first-order chi connectivity index (χ1) is 12.2. The average molecular weight is 374 g/mol. The van der Waals surface area contributed by atoms with Gasteiger partial charge in [-0.15, -0.1) is 11.3 Å². The number of rotatable bonds is 3. The van der Waals surface area contributed by atoms with E-state index in [1.54, 1.807) is 22.7 Å². The molecule has 0 aliphatic carbocycles. The third-order valence-corrected chi connectivity index (χ3v) is 6.13. The van der Waals surface area contributed by atoms with Gasteiger partial charge in [0.05, 0.1) is 27.5 Å². The van der Waals surface area contributed by atoms with Crippen molar-refractivity contribution in [2.75, 3.05) is 31.1 Å². The second-order valence-electron chi connectivity index (χ2n) is 5.95. The number of amides is 2. The van der Waals surface area contributed by atoms with Gasteiger partial charge in [-0.05, 0) is 19.1 Å². The van der Waals surface area contributed by atoms with Crippen molar-refractivity contribution in [3.05, 3.63) is 40.3 Å². The Bertz CT molecular complexity index is 849. The fraction of sp³-hybridized carbons (Fsp3) is 0.353. The van der Waals surface area contributed by atoms with Crippen LogP contribution in [0.5, 0.6) is 0 Å². The van der Waals surface area contributed by atoms with Gasteiger partial charge < -0.3 is 15.1 Å². The Hall–Kier alpha value is -2.19. The van der Waals surface area contributed by atoms with Crippen LogP contribution in [0.25, 0.3) is 10.2 Å². The number of benzene rings is 1. The van der Waals surface area contributed by atoms with Gasteiger partial charge >= 0.3 is 6.03 Å². The molecule has 130 valence electrons. The maximum atomic E-state index is 12.3. The first-order valence-corrected chi connectivity index (χ1v) is 9.93. The summed E-state index contributed by atoms with van der Waals surface area (Å²) in [5.74, 6) is 0. The lowest BCUT2D eigenvalue weighted by molar-refractivity contribution is 0.194. The van der Waals surface area contributed by atoms with Gasteiger partial charge in [-0.3, -0.25) is 0 Å². The lowest BCUT2D eigenvalue weighted by atomic mass is 10.3. The van der Waals surface area contributed by atoms with Gasteiger partial charge in [0, 0.05) is 31.6 Å². The number of thiazole rings is 2. The summed E-state index contributed by atoms with van der Waals surface area (Å²) in [5.41, 5.74) is 1.96. The molecule has 6 nitrogen and oxygen atoms in total. The molecule has 3 heterocycles. The van der Waals surface area contributed by atoms with E-state index in [1.165, 1.54) is 4.70 Å². The number of hydrogen-bond donors (Lipinski definition) is 1. The van der Waals surface area contributed by atoms with Crippen LogP contribution < -0.4 is 10.2 Å². The fourth-order valence-electron chi connectivity index (χ4n) is 2.86. The lowest BCUT2D eigenvalue weighted by Crippen LogP contribution is -2.51. The van der Waals surface area contributed by atoms with Crippen LogP contribution in [0, 0.1) is 6.92 Å². The van der Waals surface area contributed by atoms with Crippen molar-refractivity contribution >= 4 is 44.1 Å². The van der Waals surface area contributed by atoms with Crippen LogP contribution in [-0.2, 0) is 6.54 Å². The highest BCUT2D eigenvalue weighted by Crippen LogP contribution is 2.29. The minimum absolute atomic E-state index is 0.0189. The summed E-state index contributed by atoms with van der Waals surface area (Å²) >= 11 is 3.31. The van der Waals surface area contributed by atoms with Crippen LogP contribution in [0.3, 0.4) is 0 Å². The third kappa shape index (κ3) is 3.59. The number of aryl methyl sites for hydroxylation is 1. The summed E-state index contributed by atoms with van der Waals surface area (Å²) in [7, 11) is 0. The average Bonchev–Trinajstić information content (AvgIpc) is 3.25. The number of urea groups is 1. The maximum absolute atomic E-state index is 12.3. The predicted octanol–water partition coefficient (Wildman–Crippen LogP) is 3.09. The first kappa shape index (κ1) is 16.3. The molecule has 2 amide bonds. The van der Waals surface area contributed by atoms with Gasteiger partial charge in [0.15, 0.2) is 5.13 Å². The Morgan fingerprint density at radius 2 is 2.00 bits per heavy atom. The van der Waals surface area contributed by atoms with E-state index in [-0.39, 0.29) is 6.03 Å². The fourth-order valence-corrected chi connectivity index (χ4v) is 4.49. The summed E-state index contributed by atoms with van der Waals surface area (Å²) in [6.07, 6.45) is 0. The second kappa shape index (κ2) is 6.97. The molecule has 0 unspecified atom stereocenters. The number of hydrogen-bond acceptors (Lipinski definition) is 6. The number of fused-ring (bicyclic) bond motifs is 1. The highest BCUT2D eigenvalue weighted by molar-refractivity contribution is 7.22. The van der Waals surface area contributed by atoms with Crippen molar-refractivity contribution in [1.29, 1.82) is 0 Å². The third-order valence-electron chi connectivity index (χ3n) is 4.21. The Morgan fingerprint density at radius 3 is 2.72 bits per heavy atom. The molecule has 4 rings (SSSR count). The van der Waals surface area contributed by atoms with Gasteiger partial charge in [-0.2, -0.15) is 0 Å². The van der Waals surface area contributed by atoms with Crippen LogP contribution in [0.15, 0.2) is 29.6 Å². The highest BCUT2D eigenvalue weighted by atomic mass is 32.1. The summed E-state index contributed by atoms with van der Waals surface area (Å²) in [6, 6.07) is 8.17. The van der Waals surface area contributed by atoms with Crippen molar-refractivity contribution in [3.8, 4) is 0 Å². The first-order valence-electron chi connectivity index (χ1n) is 8.23. The lowest BCUT2D eigenvalue weighted by Gasteiger charge is -2.34. The summed E-state index contributed by atoms with van der Waals surface area (Å²) in [5, 5.41) is 7.01. The van der Waals surface area contributed by atoms with Crippen molar-refractivity contribution in [3.63, 3.8) is 0 Å². The molecule has 1 saturated heterocycles. The smallest absolute Gasteiger partial charge is 0.317 e. The molecule has 1 N–H and O–H groups in total. The molecule has 1 aliphatic rings. The van der Waals surface area contributed by atoms with E-state index in [2.05, 4.69) is 21.3 Å². The topological polar surface area (TPSA) is 61.4 Å². The number of carbonyl (C=O) groups is 1. The molecule has 0 spiro atoms. The van der Waals surface area contributed by atoms with Crippen molar-refractivity contribution in [2.45, 2.75) is 13.5 Å². The van der Waals surface area contributed by atoms with Crippen molar-refractivity contribution in [1.82, 2.24) is 20.2 Å². The Labute approximate surface area is 154 Å². The van der Waals surface area contributed by atoms with Crippen molar-refractivity contribution in [2.24, 2.45) is 0 Å². The number of aromatic nitrogens is 2.